The van der Waals surface area contributed by atoms with E-state index >= 15 is 0 Å². The Morgan fingerprint density at radius 2 is 2.13 bits per heavy atom. The molecule has 1 aliphatic rings. The van der Waals surface area contributed by atoms with Crippen LogP contribution in [0.1, 0.15) is 17.9 Å². The molecule has 0 spiro atoms. The number of ether oxygens (including phenoxy) is 1. The fraction of sp³-hybridized carbons (Fsp3) is 0.333. The molecule has 1 aliphatic carbocycles. The van der Waals surface area contributed by atoms with E-state index in [2.05, 4.69) is 9.72 Å². The van der Waals surface area contributed by atoms with Crippen LogP contribution in [0.4, 0.5) is 18.3 Å². The first-order chi connectivity index (χ1) is 10.9. The van der Waals surface area contributed by atoms with Crippen LogP contribution in [0, 0.1) is 5.92 Å². The second-order valence-corrected chi connectivity index (χ2v) is 6.12. The summed E-state index contributed by atoms with van der Waals surface area (Å²) in [6, 6.07) is 5.96. The zero-order chi connectivity index (χ0) is 16.6. The molecule has 1 saturated carbocycles. The Morgan fingerprint density at radius 3 is 2.78 bits per heavy atom. The number of aromatic nitrogens is 1. The van der Waals surface area contributed by atoms with Gasteiger partial charge >= 0.3 is 6.36 Å². The number of rotatable bonds is 4. The van der Waals surface area contributed by atoms with Crippen LogP contribution in [-0.2, 0) is 4.79 Å². The monoisotopic (exact) mass is 342 g/mol. The largest absolute Gasteiger partial charge is 0.573 e. The van der Waals surface area contributed by atoms with Gasteiger partial charge in [-0.1, -0.05) is 18.2 Å². The first-order valence-corrected chi connectivity index (χ1v) is 7.76. The molecule has 1 aromatic heterocycles. The summed E-state index contributed by atoms with van der Waals surface area (Å²) in [4.78, 5) is 17.9. The summed E-state index contributed by atoms with van der Waals surface area (Å²) in [7, 11) is 1.62. The molecule has 1 heterocycles. The van der Waals surface area contributed by atoms with E-state index in [1.54, 1.807) is 30.8 Å². The van der Waals surface area contributed by atoms with Crippen molar-refractivity contribution in [1.82, 2.24) is 4.98 Å². The number of hydrogen-bond donors (Lipinski definition) is 0. The number of anilines is 1. The average molecular weight is 342 g/mol. The lowest BCUT2D eigenvalue weighted by molar-refractivity contribution is -0.274. The van der Waals surface area contributed by atoms with Crippen LogP contribution in [0.15, 0.2) is 35.8 Å². The Kier molecular flexibility index (Phi) is 4.01. The van der Waals surface area contributed by atoms with Crippen LogP contribution >= 0.6 is 11.3 Å². The third-order valence-corrected chi connectivity index (χ3v) is 4.54. The van der Waals surface area contributed by atoms with Crippen LogP contribution in [-0.4, -0.2) is 24.3 Å². The normalized spacial score (nSPS) is 20.2. The van der Waals surface area contributed by atoms with Crippen molar-refractivity contribution in [2.45, 2.75) is 18.7 Å². The molecular formula is C15H13F3N2O2S. The molecule has 0 N–H and O–H groups in total. The van der Waals surface area contributed by atoms with Gasteiger partial charge in [-0.05, 0) is 24.0 Å². The first kappa shape index (κ1) is 15.8. The molecule has 3 rings (SSSR count). The van der Waals surface area contributed by atoms with E-state index < -0.39 is 6.36 Å². The van der Waals surface area contributed by atoms with E-state index in [0.29, 0.717) is 17.1 Å². The third kappa shape index (κ3) is 3.47. The highest BCUT2D eigenvalue weighted by Crippen LogP contribution is 2.51. The highest BCUT2D eigenvalue weighted by atomic mass is 32.1. The minimum absolute atomic E-state index is 0.147. The second-order valence-electron chi connectivity index (χ2n) is 5.25. The smallest absolute Gasteiger partial charge is 0.405 e. The summed E-state index contributed by atoms with van der Waals surface area (Å²) >= 11 is 1.33. The van der Waals surface area contributed by atoms with E-state index in [0.717, 1.165) is 0 Å². The van der Waals surface area contributed by atoms with Gasteiger partial charge in [0.2, 0.25) is 5.91 Å². The van der Waals surface area contributed by atoms with Gasteiger partial charge in [-0.25, -0.2) is 4.98 Å². The molecule has 1 amide bonds. The number of halogens is 3. The predicted octanol–water partition coefficient (Wildman–Crippen LogP) is 3.81. The fourth-order valence-electron chi connectivity index (χ4n) is 2.54. The summed E-state index contributed by atoms with van der Waals surface area (Å²) in [5.41, 5.74) is 0.413. The van der Waals surface area contributed by atoms with E-state index in [1.807, 2.05) is 0 Å². The maximum Gasteiger partial charge on any atom is 0.573 e. The van der Waals surface area contributed by atoms with Crippen molar-refractivity contribution in [2.24, 2.45) is 5.92 Å². The number of carbonyl (C=O) groups is 1. The topological polar surface area (TPSA) is 42.4 Å². The second kappa shape index (κ2) is 5.84. The number of benzene rings is 1. The van der Waals surface area contributed by atoms with E-state index in [4.69, 9.17) is 0 Å². The Labute approximate surface area is 134 Å². The van der Waals surface area contributed by atoms with Gasteiger partial charge in [0.05, 0.1) is 0 Å². The van der Waals surface area contributed by atoms with Gasteiger partial charge in [-0.15, -0.1) is 24.5 Å². The predicted molar refractivity (Wildman–Crippen MR) is 79.5 cm³/mol. The Balaban J connectivity index is 1.75. The molecule has 122 valence electrons. The van der Waals surface area contributed by atoms with Crippen LogP contribution in [0.5, 0.6) is 5.75 Å². The number of alkyl halides is 3. The number of carbonyl (C=O) groups excluding carboxylic acids is 1. The van der Waals surface area contributed by atoms with Crippen molar-refractivity contribution in [3.8, 4) is 5.75 Å². The van der Waals surface area contributed by atoms with Gasteiger partial charge in [-0.2, -0.15) is 0 Å². The Bertz CT molecular complexity index is 703. The molecule has 0 bridgehead atoms. The molecule has 2 aromatic rings. The van der Waals surface area contributed by atoms with Crippen LogP contribution in [0.25, 0.3) is 0 Å². The molecule has 0 aliphatic heterocycles. The van der Waals surface area contributed by atoms with Crippen LogP contribution in [0.3, 0.4) is 0 Å². The Morgan fingerprint density at radius 1 is 1.39 bits per heavy atom. The van der Waals surface area contributed by atoms with Crippen molar-refractivity contribution in [1.29, 1.82) is 0 Å². The number of thiazole rings is 1. The number of amides is 1. The standard InChI is InChI=1S/C15H13F3N2O2S/c1-20(14-19-6-7-23-14)13(21)11-8-10(11)9-4-2-3-5-12(9)22-15(16,17)18/h2-7,10-11H,8H2,1H3/t10-,11-/m0/s1. The van der Waals surface area contributed by atoms with Gasteiger partial charge < -0.3 is 4.74 Å². The molecular weight excluding hydrogens is 329 g/mol. The average Bonchev–Trinajstić information content (AvgIpc) is 3.08. The number of hydrogen-bond acceptors (Lipinski definition) is 4. The molecule has 2 atom stereocenters. The molecule has 0 saturated heterocycles. The summed E-state index contributed by atoms with van der Waals surface area (Å²) < 4.78 is 41.5. The summed E-state index contributed by atoms with van der Waals surface area (Å²) in [6.07, 6.45) is -2.64. The van der Waals surface area contributed by atoms with Gasteiger partial charge in [0.15, 0.2) is 5.13 Å². The lowest BCUT2D eigenvalue weighted by atomic mass is 10.1. The maximum absolute atomic E-state index is 12.5. The number of para-hydroxylation sites is 1. The third-order valence-electron chi connectivity index (χ3n) is 3.69. The molecule has 23 heavy (non-hydrogen) atoms. The molecule has 4 nitrogen and oxygen atoms in total. The summed E-state index contributed by atoms with van der Waals surface area (Å²) in [5.74, 6) is -0.991. The minimum Gasteiger partial charge on any atom is -0.405 e. The van der Waals surface area contributed by atoms with Crippen molar-refractivity contribution < 1.29 is 22.7 Å². The molecule has 0 radical (unpaired) electrons. The van der Waals surface area contributed by atoms with Gasteiger partial charge in [0.25, 0.3) is 0 Å². The van der Waals surface area contributed by atoms with E-state index in [1.165, 1.54) is 28.4 Å². The maximum atomic E-state index is 12.5. The summed E-state index contributed by atoms with van der Waals surface area (Å²) in [5, 5.41) is 2.33. The molecule has 1 fully saturated rings. The number of nitrogens with zero attached hydrogens (tertiary/aromatic N) is 2. The van der Waals surface area contributed by atoms with Crippen LogP contribution in [0.2, 0.25) is 0 Å². The van der Waals surface area contributed by atoms with Crippen molar-refractivity contribution in [3.05, 3.63) is 41.4 Å². The molecule has 8 heteroatoms. The van der Waals surface area contributed by atoms with E-state index in [9.17, 15) is 18.0 Å². The van der Waals surface area contributed by atoms with Gasteiger partial charge in [-0.3, -0.25) is 9.69 Å². The van der Waals surface area contributed by atoms with E-state index in [-0.39, 0.29) is 23.5 Å². The lowest BCUT2D eigenvalue weighted by Gasteiger charge is -2.15. The van der Waals surface area contributed by atoms with Crippen molar-refractivity contribution in [2.75, 3.05) is 11.9 Å². The zero-order valence-electron chi connectivity index (χ0n) is 12.1. The quantitative estimate of drug-likeness (QED) is 0.849. The molecule has 1 aromatic carbocycles. The van der Waals surface area contributed by atoms with Gasteiger partial charge in [0, 0.05) is 24.5 Å². The fourth-order valence-corrected chi connectivity index (χ4v) is 3.15. The zero-order valence-corrected chi connectivity index (χ0v) is 12.9. The van der Waals surface area contributed by atoms with Gasteiger partial charge in [0.1, 0.15) is 5.75 Å². The van der Waals surface area contributed by atoms with Crippen molar-refractivity contribution >= 4 is 22.4 Å². The van der Waals surface area contributed by atoms with Crippen LogP contribution < -0.4 is 9.64 Å². The van der Waals surface area contributed by atoms with Crippen molar-refractivity contribution in [3.63, 3.8) is 0 Å². The molecule has 0 unspecified atom stereocenters. The SMILES string of the molecule is CN(C(=O)[C@H]1C[C@H]1c1ccccc1OC(F)(F)F)c1nccs1. The minimum atomic E-state index is -4.75. The first-order valence-electron chi connectivity index (χ1n) is 6.88. The summed E-state index contributed by atoms with van der Waals surface area (Å²) in [6.45, 7) is 0. The lowest BCUT2D eigenvalue weighted by Crippen LogP contribution is -2.28. The Hall–Kier alpha value is -2.09. The highest BCUT2D eigenvalue weighted by Gasteiger charge is 2.47. The highest BCUT2D eigenvalue weighted by molar-refractivity contribution is 7.13.